The van der Waals surface area contributed by atoms with Gasteiger partial charge >= 0.3 is 0 Å². The predicted octanol–water partition coefficient (Wildman–Crippen LogP) is 2.21. The Morgan fingerprint density at radius 1 is 1.38 bits per heavy atom. The molecule has 1 fully saturated rings. The van der Waals surface area contributed by atoms with Gasteiger partial charge in [-0.15, -0.1) is 12.4 Å². The molecule has 16 heavy (non-hydrogen) atoms. The summed E-state index contributed by atoms with van der Waals surface area (Å²) in [6.45, 7) is 8.99. The molecule has 1 N–H and O–H groups in total. The summed E-state index contributed by atoms with van der Waals surface area (Å²) in [5, 5.41) is 3.47. The number of hydrogen-bond donors (Lipinski definition) is 1. The van der Waals surface area contributed by atoms with Gasteiger partial charge in [0.1, 0.15) is 0 Å². The Labute approximate surface area is 104 Å². The molecule has 2 rings (SSSR count). The third kappa shape index (κ3) is 3.48. The first-order chi connectivity index (χ1) is 7.25. The fourth-order valence-electron chi connectivity index (χ4n) is 2.18. The van der Waals surface area contributed by atoms with Crippen LogP contribution in [-0.2, 0) is 6.54 Å². The van der Waals surface area contributed by atoms with E-state index in [1.54, 1.807) is 0 Å². The van der Waals surface area contributed by atoms with Crippen molar-refractivity contribution < 1.29 is 0 Å². The zero-order valence-corrected chi connectivity index (χ0v) is 10.9. The molecule has 1 aliphatic rings. The van der Waals surface area contributed by atoms with Crippen LogP contribution in [0.15, 0.2) is 24.3 Å². The highest BCUT2D eigenvalue weighted by atomic mass is 35.5. The first-order valence-corrected chi connectivity index (χ1v) is 5.76. The maximum Gasteiger partial charge on any atom is 0.0237 e. The molecule has 90 valence electrons. The minimum atomic E-state index is 0. The van der Waals surface area contributed by atoms with Gasteiger partial charge in [0, 0.05) is 32.2 Å². The molecule has 0 aromatic heterocycles. The van der Waals surface area contributed by atoms with Crippen molar-refractivity contribution in [2.45, 2.75) is 26.4 Å². The van der Waals surface area contributed by atoms with Crippen molar-refractivity contribution in [1.82, 2.24) is 10.2 Å². The number of nitrogens with zero attached hydrogens (tertiary/aromatic N) is 1. The summed E-state index contributed by atoms with van der Waals surface area (Å²) in [6, 6.07) is 9.30. The van der Waals surface area contributed by atoms with Crippen LogP contribution in [0.3, 0.4) is 0 Å². The molecule has 1 aromatic carbocycles. The van der Waals surface area contributed by atoms with Crippen LogP contribution in [0.4, 0.5) is 0 Å². The Morgan fingerprint density at radius 2 is 2.12 bits per heavy atom. The minimum absolute atomic E-state index is 0. The molecule has 2 nitrogen and oxygen atoms in total. The number of nitrogens with one attached hydrogen (secondary N) is 1. The standard InChI is InChI=1S/C13H20N2.ClH/c1-11-5-3-4-6-13(11)10-15-8-7-14-12(2)9-15;/h3-6,12,14H,7-10H2,1-2H3;1H. The molecule has 0 saturated carbocycles. The van der Waals surface area contributed by atoms with Crippen molar-refractivity contribution in [2.24, 2.45) is 0 Å². The summed E-state index contributed by atoms with van der Waals surface area (Å²) in [5.74, 6) is 0. The Hall–Kier alpha value is -0.570. The van der Waals surface area contributed by atoms with E-state index in [2.05, 4.69) is 48.3 Å². The molecule has 1 aliphatic heterocycles. The SMILES string of the molecule is Cc1ccccc1CN1CCNC(C)C1.Cl. The molecule has 3 heteroatoms. The van der Waals surface area contributed by atoms with Gasteiger partial charge in [0.15, 0.2) is 0 Å². The van der Waals surface area contributed by atoms with Crippen molar-refractivity contribution in [1.29, 1.82) is 0 Å². The van der Waals surface area contributed by atoms with Crippen LogP contribution in [0.1, 0.15) is 18.1 Å². The summed E-state index contributed by atoms with van der Waals surface area (Å²) in [7, 11) is 0. The lowest BCUT2D eigenvalue weighted by atomic mass is 10.1. The van der Waals surface area contributed by atoms with Crippen molar-refractivity contribution in [3.05, 3.63) is 35.4 Å². The third-order valence-electron chi connectivity index (χ3n) is 3.11. The highest BCUT2D eigenvalue weighted by molar-refractivity contribution is 5.85. The van der Waals surface area contributed by atoms with Gasteiger partial charge in [-0.1, -0.05) is 24.3 Å². The van der Waals surface area contributed by atoms with Crippen LogP contribution in [0, 0.1) is 6.92 Å². The van der Waals surface area contributed by atoms with Crippen LogP contribution in [-0.4, -0.2) is 30.6 Å². The Morgan fingerprint density at radius 3 is 2.81 bits per heavy atom. The number of piperazine rings is 1. The first-order valence-electron chi connectivity index (χ1n) is 5.76. The van der Waals surface area contributed by atoms with Gasteiger partial charge < -0.3 is 5.32 Å². The lowest BCUT2D eigenvalue weighted by Gasteiger charge is -2.32. The van der Waals surface area contributed by atoms with Gasteiger partial charge in [-0.3, -0.25) is 4.90 Å². The van der Waals surface area contributed by atoms with Gasteiger partial charge in [-0.25, -0.2) is 0 Å². The molecule has 0 amide bonds. The van der Waals surface area contributed by atoms with Gasteiger partial charge in [-0.2, -0.15) is 0 Å². The van der Waals surface area contributed by atoms with E-state index >= 15 is 0 Å². The van der Waals surface area contributed by atoms with E-state index in [1.165, 1.54) is 17.7 Å². The van der Waals surface area contributed by atoms with E-state index in [1.807, 2.05) is 0 Å². The van der Waals surface area contributed by atoms with Crippen LogP contribution in [0.5, 0.6) is 0 Å². The fourth-order valence-corrected chi connectivity index (χ4v) is 2.18. The summed E-state index contributed by atoms with van der Waals surface area (Å²) in [5.41, 5.74) is 2.87. The maximum atomic E-state index is 3.47. The summed E-state index contributed by atoms with van der Waals surface area (Å²) < 4.78 is 0. The van der Waals surface area contributed by atoms with E-state index in [4.69, 9.17) is 0 Å². The largest absolute Gasteiger partial charge is 0.312 e. The lowest BCUT2D eigenvalue weighted by molar-refractivity contribution is 0.199. The second-order valence-electron chi connectivity index (χ2n) is 4.52. The van der Waals surface area contributed by atoms with Crippen molar-refractivity contribution >= 4 is 12.4 Å². The van der Waals surface area contributed by atoms with Crippen LogP contribution in [0.2, 0.25) is 0 Å². The van der Waals surface area contributed by atoms with Gasteiger partial charge in [0.2, 0.25) is 0 Å². The van der Waals surface area contributed by atoms with Crippen LogP contribution >= 0.6 is 12.4 Å². The van der Waals surface area contributed by atoms with Gasteiger partial charge in [-0.05, 0) is 25.0 Å². The summed E-state index contributed by atoms with van der Waals surface area (Å²) >= 11 is 0. The van der Waals surface area contributed by atoms with Gasteiger partial charge in [0.05, 0.1) is 0 Å². The topological polar surface area (TPSA) is 15.3 Å². The van der Waals surface area contributed by atoms with E-state index in [9.17, 15) is 0 Å². The minimum Gasteiger partial charge on any atom is -0.312 e. The normalized spacial score (nSPS) is 21.5. The number of halogens is 1. The number of benzene rings is 1. The molecular weight excluding hydrogens is 220 g/mol. The van der Waals surface area contributed by atoms with E-state index in [0.29, 0.717) is 6.04 Å². The zero-order chi connectivity index (χ0) is 10.7. The van der Waals surface area contributed by atoms with E-state index < -0.39 is 0 Å². The Bertz CT molecular complexity index is 327. The van der Waals surface area contributed by atoms with E-state index in [0.717, 1.165) is 19.6 Å². The fraction of sp³-hybridized carbons (Fsp3) is 0.538. The number of rotatable bonds is 2. The van der Waals surface area contributed by atoms with Crippen LogP contribution < -0.4 is 5.32 Å². The lowest BCUT2D eigenvalue weighted by Crippen LogP contribution is -2.48. The highest BCUT2D eigenvalue weighted by Gasteiger charge is 2.15. The molecule has 0 radical (unpaired) electrons. The molecule has 1 saturated heterocycles. The highest BCUT2D eigenvalue weighted by Crippen LogP contribution is 2.11. The molecular formula is C13H21ClN2. The molecule has 0 aliphatic carbocycles. The molecule has 1 unspecified atom stereocenters. The van der Waals surface area contributed by atoms with Crippen molar-refractivity contribution in [2.75, 3.05) is 19.6 Å². The van der Waals surface area contributed by atoms with E-state index in [-0.39, 0.29) is 12.4 Å². The summed E-state index contributed by atoms with van der Waals surface area (Å²) in [4.78, 5) is 2.53. The number of hydrogen-bond acceptors (Lipinski definition) is 2. The quantitative estimate of drug-likeness (QED) is 0.853. The second-order valence-corrected chi connectivity index (χ2v) is 4.52. The van der Waals surface area contributed by atoms with Crippen molar-refractivity contribution in [3.8, 4) is 0 Å². The van der Waals surface area contributed by atoms with Gasteiger partial charge in [0.25, 0.3) is 0 Å². The second kappa shape index (κ2) is 6.24. The molecule has 1 aromatic rings. The monoisotopic (exact) mass is 240 g/mol. The van der Waals surface area contributed by atoms with Crippen molar-refractivity contribution in [3.63, 3.8) is 0 Å². The smallest absolute Gasteiger partial charge is 0.0237 e. The number of aryl methyl sites for hydroxylation is 1. The summed E-state index contributed by atoms with van der Waals surface area (Å²) in [6.07, 6.45) is 0. The maximum absolute atomic E-state index is 3.47. The zero-order valence-electron chi connectivity index (χ0n) is 10.1. The van der Waals surface area contributed by atoms with Crippen LogP contribution in [0.25, 0.3) is 0 Å². The molecule has 0 spiro atoms. The first kappa shape index (κ1) is 13.5. The molecule has 0 bridgehead atoms. The average molecular weight is 241 g/mol. The predicted molar refractivity (Wildman–Crippen MR) is 71.2 cm³/mol. The Kier molecular flexibility index (Phi) is 5.26. The average Bonchev–Trinajstić information content (AvgIpc) is 2.22. The molecule has 1 heterocycles. The third-order valence-corrected chi connectivity index (χ3v) is 3.11. The Balaban J connectivity index is 0.00000128. The molecule has 1 atom stereocenters.